The highest BCUT2D eigenvalue weighted by Gasteiger charge is 2.18. The lowest BCUT2D eigenvalue weighted by Crippen LogP contribution is -2.36. The van der Waals surface area contributed by atoms with Gasteiger partial charge in [-0.05, 0) is 5.56 Å². The van der Waals surface area contributed by atoms with E-state index < -0.39 is 6.03 Å². The maximum absolute atomic E-state index is 10.9. The average Bonchev–Trinajstić information content (AvgIpc) is 3.16. The van der Waals surface area contributed by atoms with Crippen molar-refractivity contribution >= 4 is 33.4 Å². The van der Waals surface area contributed by atoms with Gasteiger partial charge in [0.05, 0.1) is 25.1 Å². The number of nitrogens with two attached hydrogens (primary N) is 1. The molecule has 1 aromatic carbocycles. The van der Waals surface area contributed by atoms with Crippen molar-refractivity contribution in [3.63, 3.8) is 0 Å². The zero-order valence-corrected chi connectivity index (χ0v) is 16.9. The van der Waals surface area contributed by atoms with E-state index in [1.807, 2.05) is 18.2 Å². The van der Waals surface area contributed by atoms with Gasteiger partial charge in [-0.2, -0.15) is 0 Å². The second-order valence-electron chi connectivity index (χ2n) is 6.79. The number of carbonyl (C=O) groups excluding carboxylic acids is 1. The Morgan fingerprint density at radius 3 is 2.72 bits per heavy atom. The summed E-state index contributed by atoms with van der Waals surface area (Å²) in [5.41, 5.74) is 7.39. The van der Waals surface area contributed by atoms with Gasteiger partial charge in [0.25, 0.3) is 0 Å². The SMILES string of the molecule is NC(=O)NCCNc1nc(CN2CCOCC2)nc2scc(-c3ccccc3)c12. The predicted molar refractivity (Wildman–Crippen MR) is 115 cm³/mol. The van der Waals surface area contributed by atoms with Crippen molar-refractivity contribution < 1.29 is 9.53 Å². The molecule has 8 nitrogen and oxygen atoms in total. The first-order valence-electron chi connectivity index (χ1n) is 9.61. The highest BCUT2D eigenvalue weighted by Crippen LogP contribution is 2.37. The lowest BCUT2D eigenvalue weighted by molar-refractivity contribution is 0.0331. The van der Waals surface area contributed by atoms with Gasteiger partial charge in [-0.1, -0.05) is 30.3 Å². The number of hydrogen-bond acceptors (Lipinski definition) is 7. The fraction of sp³-hybridized carbons (Fsp3) is 0.350. The summed E-state index contributed by atoms with van der Waals surface area (Å²) in [5, 5.41) is 9.09. The number of nitrogens with zero attached hydrogens (tertiary/aromatic N) is 3. The molecule has 4 rings (SSSR count). The van der Waals surface area contributed by atoms with Crippen LogP contribution in [0.15, 0.2) is 35.7 Å². The number of urea groups is 1. The van der Waals surface area contributed by atoms with Crippen LogP contribution in [0.2, 0.25) is 0 Å². The quantitative estimate of drug-likeness (QED) is 0.514. The van der Waals surface area contributed by atoms with E-state index in [1.54, 1.807) is 11.3 Å². The molecule has 3 aromatic rings. The number of thiophene rings is 1. The number of anilines is 1. The molecule has 0 saturated carbocycles. The smallest absolute Gasteiger partial charge is 0.312 e. The number of fused-ring (bicyclic) bond motifs is 1. The van der Waals surface area contributed by atoms with Crippen LogP contribution in [0.1, 0.15) is 5.82 Å². The number of hydrogen-bond donors (Lipinski definition) is 3. The molecule has 0 bridgehead atoms. The van der Waals surface area contributed by atoms with Crippen LogP contribution >= 0.6 is 11.3 Å². The molecular formula is C20H24N6O2S. The minimum atomic E-state index is -0.534. The molecule has 1 aliphatic heterocycles. The first-order valence-corrected chi connectivity index (χ1v) is 10.5. The highest BCUT2D eigenvalue weighted by atomic mass is 32.1. The van der Waals surface area contributed by atoms with Crippen molar-refractivity contribution in [2.24, 2.45) is 5.73 Å². The van der Waals surface area contributed by atoms with Crippen molar-refractivity contribution in [1.29, 1.82) is 0 Å². The second-order valence-corrected chi connectivity index (χ2v) is 7.65. The van der Waals surface area contributed by atoms with Crippen LogP contribution < -0.4 is 16.4 Å². The molecule has 0 aliphatic carbocycles. The Morgan fingerprint density at radius 1 is 1.17 bits per heavy atom. The van der Waals surface area contributed by atoms with Crippen molar-refractivity contribution in [3.05, 3.63) is 41.5 Å². The summed E-state index contributed by atoms with van der Waals surface area (Å²) < 4.78 is 5.43. The van der Waals surface area contributed by atoms with Gasteiger partial charge in [-0.25, -0.2) is 14.8 Å². The molecule has 152 valence electrons. The summed E-state index contributed by atoms with van der Waals surface area (Å²) in [7, 11) is 0. The molecule has 2 aromatic heterocycles. The monoisotopic (exact) mass is 412 g/mol. The predicted octanol–water partition coefficient (Wildman–Crippen LogP) is 2.27. The maximum Gasteiger partial charge on any atom is 0.312 e. The fourth-order valence-electron chi connectivity index (χ4n) is 3.34. The molecule has 1 aliphatic rings. The van der Waals surface area contributed by atoms with Crippen LogP contribution in [-0.4, -0.2) is 60.3 Å². The number of morpholine rings is 1. The van der Waals surface area contributed by atoms with Crippen LogP contribution in [0.5, 0.6) is 0 Å². The third kappa shape index (κ3) is 4.81. The topological polar surface area (TPSA) is 105 Å². The molecular weight excluding hydrogens is 388 g/mol. The third-order valence-electron chi connectivity index (χ3n) is 4.75. The lowest BCUT2D eigenvalue weighted by Gasteiger charge is -2.25. The lowest BCUT2D eigenvalue weighted by atomic mass is 10.1. The Hall–Kier alpha value is -2.75. The third-order valence-corrected chi connectivity index (χ3v) is 5.62. The molecule has 2 amide bonds. The molecule has 0 atom stereocenters. The Bertz CT molecular complexity index is 972. The maximum atomic E-state index is 10.9. The van der Waals surface area contributed by atoms with Gasteiger partial charge in [0.1, 0.15) is 16.5 Å². The van der Waals surface area contributed by atoms with Gasteiger partial charge in [-0.3, -0.25) is 4.90 Å². The first-order chi connectivity index (χ1) is 14.2. The summed E-state index contributed by atoms with van der Waals surface area (Å²) in [6.07, 6.45) is 0. The van der Waals surface area contributed by atoms with Crippen LogP contribution in [0.3, 0.4) is 0 Å². The Morgan fingerprint density at radius 2 is 1.97 bits per heavy atom. The van der Waals surface area contributed by atoms with Crippen molar-refractivity contribution in [1.82, 2.24) is 20.2 Å². The van der Waals surface area contributed by atoms with Gasteiger partial charge < -0.3 is 21.1 Å². The van der Waals surface area contributed by atoms with Crippen LogP contribution in [0, 0.1) is 0 Å². The number of ether oxygens (including phenoxy) is 1. The van der Waals surface area contributed by atoms with E-state index in [9.17, 15) is 4.79 Å². The zero-order chi connectivity index (χ0) is 20.1. The molecule has 0 spiro atoms. The molecule has 29 heavy (non-hydrogen) atoms. The van der Waals surface area contributed by atoms with Gasteiger partial charge in [0.2, 0.25) is 0 Å². The number of benzene rings is 1. The standard InChI is InChI=1S/C20H24N6O2S/c21-20(27)23-7-6-22-18-17-15(14-4-2-1-3-5-14)13-29-19(17)25-16(24-18)12-26-8-10-28-11-9-26/h1-5,13H,6-12H2,(H3,21,23,27)(H,22,24,25). The number of primary amides is 1. The Kier molecular flexibility index (Phi) is 6.18. The van der Waals surface area contributed by atoms with Crippen LogP contribution in [-0.2, 0) is 11.3 Å². The molecule has 3 heterocycles. The van der Waals surface area contributed by atoms with Crippen molar-refractivity contribution in [2.45, 2.75) is 6.54 Å². The molecule has 9 heteroatoms. The zero-order valence-electron chi connectivity index (χ0n) is 16.1. The summed E-state index contributed by atoms with van der Waals surface area (Å²) in [4.78, 5) is 23.8. The first kappa shape index (κ1) is 19.6. The number of carbonyl (C=O) groups is 1. The van der Waals surface area contributed by atoms with Gasteiger partial charge >= 0.3 is 6.03 Å². The summed E-state index contributed by atoms with van der Waals surface area (Å²) in [6.45, 7) is 4.87. The van der Waals surface area contributed by atoms with E-state index in [1.165, 1.54) is 0 Å². The van der Waals surface area contributed by atoms with Gasteiger partial charge in [-0.15, -0.1) is 11.3 Å². The van der Waals surface area contributed by atoms with E-state index in [0.717, 1.165) is 59.3 Å². The fourth-order valence-corrected chi connectivity index (χ4v) is 4.31. The molecule has 0 unspecified atom stereocenters. The number of amides is 2. The summed E-state index contributed by atoms with van der Waals surface area (Å²) in [5.74, 6) is 1.57. The van der Waals surface area contributed by atoms with Gasteiger partial charge in [0, 0.05) is 37.1 Å². The van der Waals surface area contributed by atoms with Crippen LogP contribution in [0.25, 0.3) is 21.3 Å². The summed E-state index contributed by atoms with van der Waals surface area (Å²) >= 11 is 1.62. The van der Waals surface area contributed by atoms with E-state index in [4.69, 9.17) is 20.4 Å². The van der Waals surface area contributed by atoms with Crippen molar-refractivity contribution in [2.75, 3.05) is 44.7 Å². The number of aromatic nitrogens is 2. The van der Waals surface area contributed by atoms with Crippen LogP contribution in [0.4, 0.5) is 10.6 Å². The average molecular weight is 413 g/mol. The molecule has 0 radical (unpaired) electrons. The van der Waals surface area contributed by atoms with E-state index in [-0.39, 0.29) is 0 Å². The summed E-state index contributed by atoms with van der Waals surface area (Å²) in [6, 6.07) is 9.69. The molecule has 4 N–H and O–H groups in total. The van der Waals surface area contributed by atoms with E-state index in [2.05, 4.69) is 33.0 Å². The van der Waals surface area contributed by atoms with E-state index >= 15 is 0 Å². The Labute approximate surface area is 173 Å². The van der Waals surface area contributed by atoms with E-state index in [0.29, 0.717) is 19.6 Å². The molecule has 1 fully saturated rings. The largest absolute Gasteiger partial charge is 0.379 e. The van der Waals surface area contributed by atoms with Gasteiger partial charge in [0.15, 0.2) is 0 Å². The minimum Gasteiger partial charge on any atom is -0.379 e. The molecule has 1 saturated heterocycles. The van der Waals surface area contributed by atoms with Crippen molar-refractivity contribution in [3.8, 4) is 11.1 Å². The second kappa shape index (κ2) is 9.17. The normalized spacial score (nSPS) is 14.8. The minimum absolute atomic E-state index is 0.421. The number of rotatable bonds is 7. The highest BCUT2D eigenvalue weighted by molar-refractivity contribution is 7.17. The number of nitrogens with one attached hydrogen (secondary N) is 2. The Balaban J connectivity index is 1.65.